The smallest absolute Gasteiger partial charge is 0.311 e. The van der Waals surface area contributed by atoms with Crippen LogP contribution in [0.5, 0.6) is 0 Å². The highest BCUT2D eigenvalue weighted by Crippen LogP contribution is 2.22. The molecule has 0 saturated carbocycles. The van der Waals surface area contributed by atoms with Crippen LogP contribution in [0.3, 0.4) is 0 Å². The van der Waals surface area contributed by atoms with Gasteiger partial charge < -0.3 is 10.0 Å². The van der Waals surface area contributed by atoms with Crippen molar-refractivity contribution in [2.75, 3.05) is 13.1 Å². The minimum atomic E-state index is -1.12. The molecule has 0 radical (unpaired) electrons. The quantitative estimate of drug-likeness (QED) is 0.860. The predicted octanol–water partition coefficient (Wildman–Crippen LogP) is 2.25. The summed E-state index contributed by atoms with van der Waals surface area (Å²) in [5.41, 5.74) is 0.313. The van der Waals surface area contributed by atoms with Crippen LogP contribution in [0.25, 0.3) is 0 Å². The molecule has 104 valence electrons. The molecular formula is C14H18FNO3. The summed E-state index contributed by atoms with van der Waals surface area (Å²) in [6.45, 7) is 4.73. The molecule has 1 unspecified atom stereocenters. The molecule has 0 aliphatic carbocycles. The van der Waals surface area contributed by atoms with Gasteiger partial charge in [0.25, 0.3) is 0 Å². The van der Waals surface area contributed by atoms with Crippen molar-refractivity contribution < 1.29 is 19.1 Å². The molecule has 0 heterocycles. The van der Waals surface area contributed by atoms with Crippen molar-refractivity contribution in [1.29, 1.82) is 0 Å². The molecule has 1 amide bonds. The van der Waals surface area contributed by atoms with E-state index in [-0.39, 0.29) is 12.3 Å². The molecule has 0 saturated heterocycles. The fraction of sp³-hybridized carbons (Fsp3) is 0.429. The lowest BCUT2D eigenvalue weighted by atomic mass is 9.95. The highest BCUT2D eigenvalue weighted by molar-refractivity contribution is 5.85. The number of carbonyl (C=O) groups is 2. The van der Waals surface area contributed by atoms with Gasteiger partial charge in [-0.1, -0.05) is 12.1 Å². The molecule has 1 atom stereocenters. The summed E-state index contributed by atoms with van der Waals surface area (Å²) >= 11 is 0. The number of amides is 1. The molecule has 1 aromatic carbocycles. The number of nitrogens with zero attached hydrogens (tertiary/aromatic N) is 1. The van der Waals surface area contributed by atoms with Gasteiger partial charge in [-0.3, -0.25) is 9.59 Å². The van der Waals surface area contributed by atoms with Crippen LogP contribution < -0.4 is 0 Å². The fourth-order valence-electron chi connectivity index (χ4n) is 1.95. The van der Waals surface area contributed by atoms with E-state index in [1.54, 1.807) is 4.90 Å². The maximum absolute atomic E-state index is 13.1. The molecule has 0 bridgehead atoms. The molecule has 5 heteroatoms. The van der Waals surface area contributed by atoms with Gasteiger partial charge in [-0.05, 0) is 31.5 Å². The number of hydrogen-bond donors (Lipinski definition) is 1. The van der Waals surface area contributed by atoms with E-state index in [0.717, 1.165) is 6.07 Å². The summed E-state index contributed by atoms with van der Waals surface area (Å²) in [7, 11) is 0. The van der Waals surface area contributed by atoms with Crippen molar-refractivity contribution in [2.24, 2.45) is 0 Å². The van der Waals surface area contributed by atoms with Gasteiger partial charge in [0.1, 0.15) is 5.82 Å². The van der Waals surface area contributed by atoms with Crippen LogP contribution in [0.1, 0.15) is 31.7 Å². The van der Waals surface area contributed by atoms with Crippen LogP contribution in [-0.2, 0) is 9.59 Å². The van der Waals surface area contributed by atoms with E-state index in [4.69, 9.17) is 0 Å². The maximum Gasteiger partial charge on any atom is 0.311 e. The number of rotatable bonds is 6. The Morgan fingerprint density at radius 1 is 1.32 bits per heavy atom. The maximum atomic E-state index is 13.1. The molecule has 0 aliphatic heterocycles. The molecule has 19 heavy (non-hydrogen) atoms. The fourth-order valence-corrected chi connectivity index (χ4v) is 1.95. The van der Waals surface area contributed by atoms with Crippen molar-refractivity contribution in [1.82, 2.24) is 4.90 Å². The van der Waals surface area contributed by atoms with E-state index >= 15 is 0 Å². The van der Waals surface area contributed by atoms with Gasteiger partial charge >= 0.3 is 5.97 Å². The molecule has 4 nitrogen and oxygen atoms in total. The minimum Gasteiger partial charge on any atom is -0.481 e. The molecule has 1 aromatic rings. The SMILES string of the molecule is CCN(CC)C(=O)CC(C(=O)O)c1cccc(F)c1. The van der Waals surface area contributed by atoms with Gasteiger partial charge in [0.2, 0.25) is 5.91 Å². The number of carboxylic acids is 1. The normalized spacial score (nSPS) is 11.9. The highest BCUT2D eigenvalue weighted by atomic mass is 19.1. The lowest BCUT2D eigenvalue weighted by molar-refractivity contribution is -0.142. The Bertz CT molecular complexity index is 458. The zero-order chi connectivity index (χ0) is 14.4. The van der Waals surface area contributed by atoms with E-state index in [2.05, 4.69) is 0 Å². The summed E-state index contributed by atoms with van der Waals surface area (Å²) in [5.74, 6) is -2.87. The van der Waals surface area contributed by atoms with Crippen molar-refractivity contribution in [3.8, 4) is 0 Å². The second-order valence-electron chi connectivity index (χ2n) is 4.22. The Morgan fingerprint density at radius 2 is 1.95 bits per heavy atom. The molecule has 0 spiro atoms. The first-order valence-corrected chi connectivity index (χ1v) is 6.25. The predicted molar refractivity (Wildman–Crippen MR) is 69.3 cm³/mol. The Kier molecular flexibility index (Phi) is 5.48. The number of carbonyl (C=O) groups excluding carboxylic acids is 1. The first kappa shape index (κ1) is 15.1. The lowest BCUT2D eigenvalue weighted by Gasteiger charge is -2.21. The topological polar surface area (TPSA) is 57.6 Å². The first-order valence-electron chi connectivity index (χ1n) is 6.25. The molecule has 1 rings (SSSR count). The van der Waals surface area contributed by atoms with Crippen molar-refractivity contribution in [3.63, 3.8) is 0 Å². The average Bonchev–Trinajstić information content (AvgIpc) is 2.37. The molecule has 0 fully saturated rings. The van der Waals surface area contributed by atoms with E-state index < -0.39 is 17.7 Å². The number of carboxylic acid groups (broad SMARTS) is 1. The van der Waals surface area contributed by atoms with Crippen molar-refractivity contribution >= 4 is 11.9 Å². The van der Waals surface area contributed by atoms with Crippen LogP contribution in [0.15, 0.2) is 24.3 Å². The Balaban J connectivity index is 2.91. The van der Waals surface area contributed by atoms with E-state index in [0.29, 0.717) is 18.7 Å². The molecule has 0 aliphatic rings. The average molecular weight is 267 g/mol. The first-order chi connectivity index (χ1) is 8.99. The van der Waals surface area contributed by atoms with Gasteiger partial charge in [0, 0.05) is 19.5 Å². The number of benzene rings is 1. The molecule has 1 N–H and O–H groups in total. The van der Waals surface area contributed by atoms with E-state index in [1.807, 2.05) is 13.8 Å². The summed E-state index contributed by atoms with van der Waals surface area (Å²) < 4.78 is 13.1. The summed E-state index contributed by atoms with van der Waals surface area (Å²) in [4.78, 5) is 24.8. The van der Waals surface area contributed by atoms with Crippen molar-refractivity contribution in [2.45, 2.75) is 26.2 Å². The minimum absolute atomic E-state index is 0.152. The standard InChI is InChI=1S/C14H18FNO3/c1-3-16(4-2)13(17)9-12(14(18)19)10-6-5-7-11(15)8-10/h5-8,12H,3-4,9H2,1-2H3,(H,18,19). The van der Waals surface area contributed by atoms with Crippen LogP contribution in [0.4, 0.5) is 4.39 Å². The largest absolute Gasteiger partial charge is 0.481 e. The van der Waals surface area contributed by atoms with Crippen molar-refractivity contribution in [3.05, 3.63) is 35.6 Å². The van der Waals surface area contributed by atoms with Crippen LogP contribution in [0, 0.1) is 5.82 Å². The summed E-state index contributed by atoms with van der Waals surface area (Å²) in [6.07, 6.45) is -0.152. The van der Waals surface area contributed by atoms with Crippen LogP contribution in [-0.4, -0.2) is 35.0 Å². The third-order valence-corrected chi connectivity index (χ3v) is 3.04. The number of halogens is 1. The highest BCUT2D eigenvalue weighted by Gasteiger charge is 2.25. The summed E-state index contributed by atoms with van der Waals surface area (Å²) in [6, 6.07) is 5.38. The second-order valence-corrected chi connectivity index (χ2v) is 4.22. The van der Waals surface area contributed by atoms with E-state index in [1.165, 1.54) is 18.2 Å². The third kappa shape index (κ3) is 4.05. The van der Waals surface area contributed by atoms with Gasteiger partial charge in [-0.15, -0.1) is 0 Å². The number of hydrogen-bond acceptors (Lipinski definition) is 2. The van der Waals surface area contributed by atoms with Gasteiger partial charge in [-0.2, -0.15) is 0 Å². The van der Waals surface area contributed by atoms with Gasteiger partial charge in [0.05, 0.1) is 5.92 Å². The summed E-state index contributed by atoms with van der Waals surface area (Å²) in [5, 5.41) is 9.20. The molecule has 0 aromatic heterocycles. The van der Waals surface area contributed by atoms with Gasteiger partial charge in [-0.25, -0.2) is 4.39 Å². The Labute approximate surface area is 111 Å². The monoisotopic (exact) mass is 267 g/mol. The van der Waals surface area contributed by atoms with Gasteiger partial charge in [0.15, 0.2) is 0 Å². The lowest BCUT2D eigenvalue weighted by Crippen LogP contribution is -2.32. The Morgan fingerprint density at radius 3 is 2.42 bits per heavy atom. The third-order valence-electron chi connectivity index (χ3n) is 3.04. The van der Waals surface area contributed by atoms with Crippen LogP contribution >= 0.6 is 0 Å². The Hall–Kier alpha value is -1.91. The van der Waals surface area contributed by atoms with E-state index in [9.17, 15) is 19.1 Å². The van der Waals surface area contributed by atoms with Crippen LogP contribution in [0.2, 0.25) is 0 Å². The second kappa shape index (κ2) is 6.87. The molecular weight excluding hydrogens is 249 g/mol. The number of aliphatic carboxylic acids is 1. The zero-order valence-corrected chi connectivity index (χ0v) is 11.1. The zero-order valence-electron chi connectivity index (χ0n) is 11.1.